The molecular weight excluding hydrogens is 576 g/mol. The zero-order valence-electron chi connectivity index (χ0n) is 22.9. The third-order valence-corrected chi connectivity index (χ3v) is 7.68. The van der Waals surface area contributed by atoms with E-state index in [0.717, 1.165) is 6.07 Å². The summed E-state index contributed by atoms with van der Waals surface area (Å²) in [7, 11) is 1.52. The maximum absolute atomic E-state index is 12.9. The highest BCUT2D eigenvalue weighted by molar-refractivity contribution is 6.02. The lowest BCUT2D eigenvalue weighted by Crippen LogP contribution is -2.65. The smallest absolute Gasteiger partial charge is 0.229 e. The Kier molecular flexibility index (Phi) is 9.38. The molecule has 0 spiro atoms. The van der Waals surface area contributed by atoms with Crippen molar-refractivity contribution in [2.75, 3.05) is 20.3 Å². The van der Waals surface area contributed by atoms with E-state index in [-0.39, 0.29) is 29.3 Å². The number of fused-ring (bicyclic) bond motifs is 1. The first-order chi connectivity index (χ1) is 20.6. The molecule has 3 aliphatic rings. The van der Waals surface area contributed by atoms with E-state index in [1.807, 2.05) is 0 Å². The largest absolute Gasteiger partial charge is 0.507 e. The van der Waals surface area contributed by atoms with Crippen molar-refractivity contribution in [3.63, 3.8) is 0 Å². The van der Waals surface area contributed by atoms with Gasteiger partial charge < -0.3 is 69.3 Å². The minimum Gasteiger partial charge on any atom is -0.507 e. The number of hydrogen-bond acceptors (Lipinski definition) is 15. The molecule has 2 fully saturated rings. The van der Waals surface area contributed by atoms with Gasteiger partial charge in [0, 0.05) is 12.1 Å². The number of carbonyl (C=O) groups excluding carboxylic acids is 1. The fourth-order valence-corrected chi connectivity index (χ4v) is 5.25. The van der Waals surface area contributed by atoms with Crippen molar-refractivity contribution >= 4 is 5.78 Å². The Morgan fingerprint density at radius 3 is 2.07 bits per heavy atom. The van der Waals surface area contributed by atoms with Crippen molar-refractivity contribution in [1.82, 2.24) is 0 Å². The summed E-state index contributed by atoms with van der Waals surface area (Å²) in [6.45, 7) is -1.48. The summed E-state index contributed by atoms with van der Waals surface area (Å²) in [5, 5.41) is 81.8. The van der Waals surface area contributed by atoms with Gasteiger partial charge in [-0.25, -0.2) is 0 Å². The molecule has 2 aromatic rings. The van der Waals surface area contributed by atoms with Crippen molar-refractivity contribution in [3.05, 3.63) is 47.5 Å². The quantitative estimate of drug-likeness (QED) is 0.163. The van der Waals surface area contributed by atoms with Crippen LogP contribution in [0.1, 0.15) is 28.4 Å². The van der Waals surface area contributed by atoms with Crippen molar-refractivity contribution in [2.45, 2.75) is 73.9 Å². The van der Waals surface area contributed by atoms with Crippen LogP contribution in [0.2, 0.25) is 0 Å². The number of hydrogen-bond donors (Lipinski definition) is 8. The van der Waals surface area contributed by atoms with Crippen LogP contribution in [0.25, 0.3) is 0 Å². The Bertz CT molecular complexity index is 1270. The fourth-order valence-electron chi connectivity index (χ4n) is 5.25. The second-order valence-electron chi connectivity index (χ2n) is 10.4. The van der Waals surface area contributed by atoms with Crippen LogP contribution in [-0.4, -0.2) is 128 Å². The lowest BCUT2D eigenvalue weighted by Gasteiger charge is -2.45. The summed E-state index contributed by atoms with van der Waals surface area (Å²) in [6, 6.07) is 9.31. The fraction of sp³-hybridized carbons (Fsp3) is 0.536. The van der Waals surface area contributed by atoms with Gasteiger partial charge in [-0.15, -0.1) is 0 Å². The van der Waals surface area contributed by atoms with E-state index >= 15 is 0 Å². The van der Waals surface area contributed by atoms with Gasteiger partial charge in [0.15, 0.2) is 18.2 Å². The molecular formula is C28H34O15. The highest BCUT2D eigenvalue weighted by Crippen LogP contribution is 2.43. The lowest BCUT2D eigenvalue weighted by molar-refractivity contribution is -0.357. The van der Waals surface area contributed by atoms with E-state index in [0.29, 0.717) is 11.3 Å². The normalized spacial score (nSPS) is 36.0. The summed E-state index contributed by atoms with van der Waals surface area (Å²) >= 11 is 0. The van der Waals surface area contributed by atoms with E-state index in [2.05, 4.69) is 0 Å². The number of methoxy groups -OCH3 is 1. The highest BCUT2D eigenvalue weighted by Gasteiger charge is 2.51. The number of aromatic hydroxyl groups is 1. The van der Waals surface area contributed by atoms with Crippen LogP contribution in [0.5, 0.6) is 23.0 Å². The molecule has 3 aliphatic heterocycles. The van der Waals surface area contributed by atoms with Gasteiger partial charge in [-0.3, -0.25) is 4.79 Å². The molecule has 15 nitrogen and oxygen atoms in total. The maximum Gasteiger partial charge on any atom is 0.229 e. The van der Waals surface area contributed by atoms with Gasteiger partial charge in [-0.2, -0.15) is 0 Å². The van der Waals surface area contributed by atoms with Crippen LogP contribution in [0.3, 0.4) is 0 Å². The Morgan fingerprint density at radius 1 is 0.814 bits per heavy atom. The summed E-state index contributed by atoms with van der Waals surface area (Å²) < 4.78 is 33.7. The second-order valence-corrected chi connectivity index (χ2v) is 10.4. The number of ketones is 1. The summed E-state index contributed by atoms with van der Waals surface area (Å²) in [5.41, 5.74) is 0.608. The van der Waals surface area contributed by atoms with Gasteiger partial charge in [0.05, 0.1) is 26.7 Å². The number of benzene rings is 2. The average Bonchev–Trinajstić information content (AvgIpc) is 3.00. The molecule has 0 amide bonds. The molecule has 3 heterocycles. The first-order valence-electron chi connectivity index (χ1n) is 13.5. The summed E-state index contributed by atoms with van der Waals surface area (Å²) in [6.07, 6.45) is -17.2. The van der Waals surface area contributed by atoms with Gasteiger partial charge >= 0.3 is 0 Å². The van der Waals surface area contributed by atoms with E-state index in [9.17, 15) is 45.6 Å². The monoisotopic (exact) mass is 610 g/mol. The third-order valence-electron chi connectivity index (χ3n) is 7.68. The molecule has 43 heavy (non-hydrogen) atoms. The van der Waals surface area contributed by atoms with Gasteiger partial charge in [-0.05, 0) is 17.7 Å². The first kappa shape index (κ1) is 31.3. The molecule has 0 aromatic heterocycles. The molecule has 0 aliphatic carbocycles. The number of rotatable bonds is 8. The van der Waals surface area contributed by atoms with Gasteiger partial charge in [0.2, 0.25) is 6.29 Å². The standard InChI is InChI=1S/C28H34O15/c1-38-12-4-2-11(3-5-12)16-8-15(32)20-14(31)6-13(7-17(20)40-16)39-28-26(24(36)22(34)19(10-30)42-28)43-27-25(37)23(35)21(33)18(9-29)41-27/h2-7,16,18-19,21-31,33-37H,8-10H2,1H3/t16-,18+,19+,21+,22+,23-,24-,25+,26+,27-,28+/m0/s1. The maximum atomic E-state index is 12.9. The molecule has 5 rings (SSSR count). The number of ether oxygens (including phenoxy) is 6. The average molecular weight is 611 g/mol. The Hall–Kier alpha value is -3.09. The molecule has 8 N–H and O–H groups in total. The predicted molar refractivity (Wildman–Crippen MR) is 140 cm³/mol. The zero-order valence-corrected chi connectivity index (χ0v) is 22.9. The number of phenolic OH excluding ortho intramolecular Hbond substituents is 1. The van der Waals surface area contributed by atoms with Crippen molar-refractivity contribution < 1.29 is 74.1 Å². The lowest BCUT2D eigenvalue weighted by atomic mass is 9.95. The van der Waals surface area contributed by atoms with Gasteiger partial charge in [0.25, 0.3) is 0 Å². The minimum absolute atomic E-state index is 0.00595. The Labute approximate surface area is 245 Å². The SMILES string of the molecule is COc1ccc([C@@H]2CC(=O)c3c(O)cc(O[C@@H]4O[C@H](CO)[C@@H](O)[C@H](O)[C@H]4O[C@@H]4O[C@H](CO)[C@@H](O)[C@H](O)[C@H]4O)cc3O2)cc1. The zero-order chi connectivity index (χ0) is 31.0. The molecule has 11 atom stereocenters. The van der Waals surface area contributed by atoms with Gasteiger partial charge in [0.1, 0.15) is 77.4 Å². The van der Waals surface area contributed by atoms with E-state index < -0.39 is 86.5 Å². The molecule has 0 bridgehead atoms. The second kappa shape index (κ2) is 12.9. The van der Waals surface area contributed by atoms with Crippen LogP contribution < -0.4 is 14.2 Å². The van der Waals surface area contributed by atoms with Crippen LogP contribution in [0.15, 0.2) is 36.4 Å². The van der Waals surface area contributed by atoms with Crippen LogP contribution >= 0.6 is 0 Å². The first-order valence-corrected chi connectivity index (χ1v) is 13.5. The van der Waals surface area contributed by atoms with E-state index in [1.54, 1.807) is 24.3 Å². The topological polar surface area (TPSA) is 234 Å². The van der Waals surface area contributed by atoms with Gasteiger partial charge in [-0.1, -0.05) is 12.1 Å². The number of aliphatic hydroxyl groups is 7. The summed E-state index contributed by atoms with van der Waals surface area (Å²) in [4.78, 5) is 12.9. The minimum atomic E-state index is -1.85. The number of phenols is 1. The van der Waals surface area contributed by atoms with Crippen molar-refractivity contribution in [1.29, 1.82) is 0 Å². The molecule has 15 heteroatoms. The van der Waals surface area contributed by atoms with Crippen LogP contribution in [0, 0.1) is 0 Å². The molecule has 0 radical (unpaired) electrons. The third kappa shape index (κ3) is 6.14. The molecule has 2 saturated heterocycles. The van der Waals surface area contributed by atoms with E-state index in [4.69, 9.17) is 28.4 Å². The predicted octanol–water partition coefficient (Wildman–Crippen LogP) is -1.89. The number of Topliss-reactive ketones (excluding diaryl/α,β-unsaturated/α-hetero) is 1. The molecule has 0 saturated carbocycles. The Morgan fingerprint density at radius 2 is 1.44 bits per heavy atom. The van der Waals surface area contributed by atoms with Crippen molar-refractivity contribution in [3.8, 4) is 23.0 Å². The Balaban J connectivity index is 1.41. The van der Waals surface area contributed by atoms with Crippen molar-refractivity contribution in [2.24, 2.45) is 0 Å². The highest BCUT2D eigenvalue weighted by atomic mass is 16.8. The van der Waals surface area contributed by atoms with E-state index in [1.165, 1.54) is 13.2 Å². The van der Waals surface area contributed by atoms with Crippen LogP contribution in [0.4, 0.5) is 0 Å². The molecule has 0 unspecified atom stereocenters. The van der Waals surface area contributed by atoms with Crippen LogP contribution in [-0.2, 0) is 14.2 Å². The molecule has 236 valence electrons. The molecule has 2 aromatic carbocycles. The number of carbonyl (C=O) groups is 1. The summed E-state index contributed by atoms with van der Waals surface area (Å²) in [5.74, 6) is -0.364. The number of aliphatic hydroxyl groups excluding tert-OH is 7.